The van der Waals surface area contributed by atoms with Crippen molar-refractivity contribution >= 4 is 27.1 Å². The minimum absolute atomic E-state index is 0.0216. The van der Waals surface area contributed by atoms with Crippen LogP contribution in [0.2, 0.25) is 4.44 Å². The second-order valence-corrected chi connectivity index (χ2v) is 8.81. The summed E-state index contributed by atoms with van der Waals surface area (Å²) in [5.41, 5.74) is 0. The molecule has 1 unspecified atom stereocenters. The topological polar surface area (TPSA) is 26.3 Å². The molecule has 0 heterocycles. The molecule has 0 bridgehead atoms. The third kappa shape index (κ3) is 10.5. The van der Waals surface area contributed by atoms with E-state index in [1.165, 1.54) is 17.3 Å². The molecule has 0 saturated heterocycles. The number of carbonyl (C=O) groups is 1. The number of hydrogen-bond donors (Lipinski definition) is 0. The van der Waals surface area contributed by atoms with Crippen LogP contribution in [0.1, 0.15) is 59.3 Å². The van der Waals surface area contributed by atoms with Gasteiger partial charge in [0, 0.05) is 0 Å². The molecule has 88 valence electrons. The summed E-state index contributed by atoms with van der Waals surface area (Å²) in [6, 6.07) is 0. The molecule has 0 aliphatic heterocycles. The van der Waals surface area contributed by atoms with Crippen LogP contribution in [0.4, 0.5) is 0 Å². The second kappa shape index (κ2) is 10.8. The van der Waals surface area contributed by atoms with E-state index in [4.69, 9.17) is 4.74 Å². The average Bonchev–Trinajstić information content (AvgIpc) is 2.18. The van der Waals surface area contributed by atoms with Gasteiger partial charge in [-0.25, -0.2) is 0 Å². The van der Waals surface area contributed by atoms with E-state index in [1.54, 1.807) is 0 Å². The molecule has 0 saturated carbocycles. The fourth-order valence-corrected chi connectivity index (χ4v) is 4.66. The SMILES string of the molecule is CCCCCC(=O)O[CH](C)[Sn][CH2]CCC. The normalized spacial score (nSPS) is 12.5. The summed E-state index contributed by atoms with van der Waals surface area (Å²) < 4.78 is 6.99. The van der Waals surface area contributed by atoms with Gasteiger partial charge in [-0.15, -0.1) is 0 Å². The zero-order chi connectivity index (χ0) is 11.5. The molecule has 0 amide bonds. The molecular formula is C12H24O2Sn. The fraction of sp³-hybridized carbons (Fsp3) is 0.917. The first-order chi connectivity index (χ1) is 7.20. The third-order valence-electron chi connectivity index (χ3n) is 2.25. The maximum atomic E-state index is 11.4. The molecule has 0 aliphatic carbocycles. The summed E-state index contributed by atoms with van der Waals surface area (Å²) in [7, 11) is 0. The standard InChI is InChI=1S/C8H15O2.C4H9.Sn/c1-3-5-6-7-8(9)10-4-2;1-3-4-2;/h4H,3,5-7H2,1-2H3;1,3-4H2,2H3;. The van der Waals surface area contributed by atoms with Crippen molar-refractivity contribution < 1.29 is 9.53 Å². The van der Waals surface area contributed by atoms with Crippen molar-refractivity contribution in [3.8, 4) is 0 Å². The Morgan fingerprint density at radius 3 is 2.47 bits per heavy atom. The summed E-state index contributed by atoms with van der Waals surface area (Å²) in [6.07, 6.45) is 6.48. The molecule has 0 N–H and O–H groups in total. The van der Waals surface area contributed by atoms with Gasteiger partial charge in [0.05, 0.1) is 0 Å². The van der Waals surface area contributed by atoms with E-state index >= 15 is 0 Å². The third-order valence-corrected chi connectivity index (χ3v) is 6.07. The molecule has 0 spiro atoms. The molecule has 0 rings (SSSR count). The van der Waals surface area contributed by atoms with Crippen LogP contribution in [0.25, 0.3) is 0 Å². The van der Waals surface area contributed by atoms with Crippen molar-refractivity contribution in [2.45, 2.75) is 67.9 Å². The second-order valence-electron chi connectivity index (χ2n) is 3.90. The Bertz CT molecular complexity index is 160. The Morgan fingerprint density at radius 1 is 1.20 bits per heavy atom. The predicted molar refractivity (Wildman–Crippen MR) is 65.2 cm³/mol. The zero-order valence-electron chi connectivity index (χ0n) is 10.3. The van der Waals surface area contributed by atoms with E-state index in [-0.39, 0.29) is 10.1 Å². The molecule has 15 heavy (non-hydrogen) atoms. The van der Waals surface area contributed by atoms with Crippen LogP contribution in [-0.2, 0) is 9.53 Å². The molecule has 3 heteroatoms. The Morgan fingerprint density at radius 2 is 1.87 bits per heavy atom. The van der Waals surface area contributed by atoms with Crippen molar-refractivity contribution in [1.82, 2.24) is 0 Å². The number of ether oxygens (including phenoxy) is 1. The van der Waals surface area contributed by atoms with E-state index < -0.39 is 21.1 Å². The predicted octanol–water partition coefficient (Wildman–Crippen LogP) is 3.38. The van der Waals surface area contributed by atoms with Crippen molar-refractivity contribution in [1.29, 1.82) is 0 Å². The van der Waals surface area contributed by atoms with Gasteiger partial charge in [0.2, 0.25) is 0 Å². The van der Waals surface area contributed by atoms with Crippen LogP contribution in [0, 0.1) is 0 Å². The van der Waals surface area contributed by atoms with Crippen LogP contribution in [0.5, 0.6) is 0 Å². The summed E-state index contributed by atoms with van der Waals surface area (Å²) >= 11 is -0.458. The monoisotopic (exact) mass is 320 g/mol. The van der Waals surface area contributed by atoms with E-state index in [2.05, 4.69) is 20.8 Å². The molecule has 2 nitrogen and oxygen atoms in total. The number of esters is 1. The Balaban J connectivity index is 3.40. The van der Waals surface area contributed by atoms with Gasteiger partial charge in [-0.2, -0.15) is 0 Å². The summed E-state index contributed by atoms with van der Waals surface area (Å²) in [5.74, 6) is 0.0216. The Hall–Kier alpha value is 0.269. The fourth-order valence-electron chi connectivity index (χ4n) is 1.30. The quantitative estimate of drug-likeness (QED) is 0.370. The van der Waals surface area contributed by atoms with Gasteiger partial charge in [0.15, 0.2) is 0 Å². The average molecular weight is 319 g/mol. The van der Waals surface area contributed by atoms with Crippen molar-refractivity contribution in [2.75, 3.05) is 0 Å². The summed E-state index contributed by atoms with van der Waals surface area (Å²) in [6.45, 7) is 6.42. The number of rotatable bonds is 9. The summed E-state index contributed by atoms with van der Waals surface area (Å²) in [5, 5.41) is 0. The molecular weight excluding hydrogens is 295 g/mol. The first-order valence-corrected chi connectivity index (χ1v) is 9.80. The van der Waals surface area contributed by atoms with Gasteiger partial charge < -0.3 is 0 Å². The van der Waals surface area contributed by atoms with Gasteiger partial charge >= 0.3 is 104 Å². The van der Waals surface area contributed by atoms with Crippen LogP contribution in [0.3, 0.4) is 0 Å². The van der Waals surface area contributed by atoms with Crippen LogP contribution in [-0.4, -0.2) is 31.2 Å². The first-order valence-electron chi connectivity index (χ1n) is 6.13. The zero-order valence-corrected chi connectivity index (χ0v) is 13.2. The molecule has 1 atom stereocenters. The van der Waals surface area contributed by atoms with E-state index in [9.17, 15) is 4.79 Å². The minimum atomic E-state index is -0.458. The Labute approximate surface area is 104 Å². The number of unbranched alkanes of at least 4 members (excludes halogenated alkanes) is 3. The molecule has 0 fully saturated rings. The van der Waals surface area contributed by atoms with Crippen LogP contribution in [0.15, 0.2) is 0 Å². The summed E-state index contributed by atoms with van der Waals surface area (Å²) in [4.78, 5) is 11.4. The van der Waals surface area contributed by atoms with Gasteiger partial charge in [-0.05, 0) is 0 Å². The first kappa shape index (κ1) is 15.3. The number of hydrogen-bond acceptors (Lipinski definition) is 2. The van der Waals surface area contributed by atoms with E-state index in [0.29, 0.717) is 6.42 Å². The molecule has 0 aromatic rings. The number of carbonyl (C=O) groups excluding carboxylic acids is 1. The van der Waals surface area contributed by atoms with E-state index in [0.717, 1.165) is 19.3 Å². The van der Waals surface area contributed by atoms with Crippen LogP contribution < -0.4 is 0 Å². The van der Waals surface area contributed by atoms with E-state index in [1.807, 2.05) is 0 Å². The van der Waals surface area contributed by atoms with Gasteiger partial charge in [-0.1, -0.05) is 0 Å². The maximum absolute atomic E-state index is 11.4. The van der Waals surface area contributed by atoms with Crippen molar-refractivity contribution in [3.05, 3.63) is 0 Å². The molecule has 0 aromatic carbocycles. The molecule has 0 aliphatic rings. The van der Waals surface area contributed by atoms with Gasteiger partial charge in [0.25, 0.3) is 0 Å². The van der Waals surface area contributed by atoms with Crippen LogP contribution >= 0.6 is 0 Å². The van der Waals surface area contributed by atoms with Crippen molar-refractivity contribution in [3.63, 3.8) is 0 Å². The van der Waals surface area contributed by atoms with Crippen molar-refractivity contribution in [2.24, 2.45) is 0 Å². The Kier molecular flexibility index (Phi) is 11.0. The molecule has 0 aromatic heterocycles. The van der Waals surface area contributed by atoms with Gasteiger partial charge in [-0.3, -0.25) is 0 Å². The van der Waals surface area contributed by atoms with Gasteiger partial charge in [0.1, 0.15) is 0 Å². The molecule has 2 radical (unpaired) electrons.